The fraction of sp³-hybridized carbons (Fsp3) is 0.308. The number of rotatable bonds is 21. The average molecular weight is 1600 g/mol. The van der Waals surface area contributed by atoms with Crippen molar-refractivity contribution in [2.45, 2.75) is 96.5 Å². The standard InChI is InChI=1S/C27H22F8O3.C26H20F8O3.C25H18F8O3/c1-2-3-4-14-12-36-26(37-13-14)16-9-20(29)24(21(30)10-16)27(34,35)38-17-5-6-18(19(28)11-17)15-7-22(31)25(33)23(32)8-15;1-2-3-13-11-35-25(36-12-13)15-8-19(28)23(20(29)9-15)26(33,34)37-16-4-5-17(18(27)10-16)14-6-21(30)24(32)22(31)7-14;1-2-12-10-34-24(35-11-12)14-7-18(27)22(19(28)8-14)25(32,33)36-15-3-4-16(17(26)9-15)13-5-20(29)23(31)21(30)6-13/h5-11,14,26H,2-4,12-13H2,1H3;4-10,13,25H,2-3,11-12H2,1H3;3-9,12,24H,2,10-11H2,1H3. The molecule has 0 radical (unpaired) electrons. The van der Waals surface area contributed by atoms with Crippen LogP contribution in [0, 0.1) is 122 Å². The summed E-state index contributed by atoms with van der Waals surface area (Å²) in [5.74, 6) is -30.6. The zero-order valence-electron chi connectivity index (χ0n) is 57.8. The summed E-state index contributed by atoms with van der Waals surface area (Å²) in [4.78, 5) is 0. The molecule has 9 aromatic rings. The summed E-state index contributed by atoms with van der Waals surface area (Å²) in [6.07, 6.45) is -11.8. The first-order valence-corrected chi connectivity index (χ1v) is 33.7. The number of halogens is 24. The van der Waals surface area contributed by atoms with E-state index in [-0.39, 0.29) is 74.1 Å². The van der Waals surface area contributed by atoms with Crippen LogP contribution in [0.15, 0.2) is 127 Å². The first-order chi connectivity index (χ1) is 52.5. The highest BCUT2D eigenvalue weighted by molar-refractivity contribution is 5.67. The van der Waals surface area contributed by atoms with Crippen molar-refractivity contribution in [2.24, 2.45) is 17.8 Å². The molecule has 9 nitrogen and oxygen atoms in total. The third-order valence-corrected chi connectivity index (χ3v) is 17.5. The Morgan fingerprint density at radius 3 is 0.757 bits per heavy atom. The molecule has 0 atom stereocenters. The van der Waals surface area contributed by atoms with Crippen molar-refractivity contribution >= 4 is 0 Å². The lowest BCUT2D eigenvalue weighted by molar-refractivity contribution is -0.206. The first-order valence-electron chi connectivity index (χ1n) is 33.7. The molecule has 3 aliphatic heterocycles. The largest absolute Gasteiger partial charge is 0.432 e. The number of benzene rings is 9. The van der Waals surface area contributed by atoms with E-state index in [0.29, 0.717) is 91.0 Å². The van der Waals surface area contributed by atoms with E-state index in [4.69, 9.17) is 28.4 Å². The Morgan fingerprint density at radius 2 is 0.532 bits per heavy atom. The first kappa shape index (κ1) is 83.9. The monoisotopic (exact) mass is 1600 g/mol. The van der Waals surface area contributed by atoms with Crippen molar-refractivity contribution in [2.75, 3.05) is 39.6 Å². The molecule has 3 aliphatic rings. The van der Waals surface area contributed by atoms with Gasteiger partial charge in [-0.1, -0.05) is 40.0 Å². The van der Waals surface area contributed by atoms with Gasteiger partial charge < -0.3 is 42.6 Å². The van der Waals surface area contributed by atoms with Crippen LogP contribution in [0.25, 0.3) is 33.4 Å². The zero-order chi connectivity index (χ0) is 80.7. The molecule has 0 amide bonds. The van der Waals surface area contributed by atoms with E-state index in [2.05, 4.69) is 14.2 Å². The predicted molar refractivity (Wildman–Crippen MR) is 347 cm³/mol. The predicted octanol–water partition coefficient (Wildman–Crippen LogP) is 23.3. The maximum absolute atomic E-state index is 14.8. The van der Waals surface area contributed by atoms with Gasteiger partial charge in [-0.25, -0.2) is 79.0 Å². The molecule has 0 aromatic heterocycles. The number of hydrogen-bond acceptors (Lipinski definition) is 9. The van der Waals surface area contributed by atoms with Gasteiger partial charge >= 0.3 is 18.3 Å². The van der Waals surface area contributed by atoms with Crippen LogP contribution >= 0.6 is 0 Å². The third-order valence-electron chi connectivity index (χ3n) is 17.5. The van der Waals surface area contributed by atoms with E-state index >= 15 is 0 Å². The van der Waals surface area contributed by atoms with Crippen molar-refractivity contribution in [3.8, 4) is 50.6 Å². The lowest BCUT2D eigenvalue weighted by Gasteiger charge is -2.30. The third kappa shape index (κ3) is 19.9. The summed E-state index contributed by atoms with van der Waals surface area (Å²) < 4.78 is 386. The Labute approximate surface area is 616 Å². The summed E-state index contributed by atoms with van der Waals surface area (Å²) in [5.41, 5.74) is -8.17. The minimum absolute atomic E-state index is 0.0980. The van der Waals surface area contributed by atoms with Gasteiger partial charge in [0.05, 0.1) is 39.6 Å². The van der Waals surface area contributed by atoms with Crippen LogP contribution in [-0.2, 0) is 46.7 Å². The molecule has 3 heterocycles. The highest BCUT2D eigenvalue weighted by Crippen LogP contribution is 2.44. The van der Waals surface area contributed by atoms with E-state index in [1.165, 1.54) is 0 Å². The summed E-state index contributed by atoms with van der Waals surface area (Å²) >= 11 is 0. The van der Waals surface area contributed by atoms with Crippen molar-refractivity contribution in [1.82, 2.24) is 0 Å². The Kier molecular flexibility index (Phi) is 26.8. The Bertz CT molecular complexity index is 4670. The molecule has 0 bridgehead atoms. The van der Waals surface area contributed by atoms with E-state index in [0.717, 1.165) is 74.9 Å². The van der Waals surface area contributed by atoms with Gasteiger partial charge in [-0.15, -0.1) is 0 Å². The number of ether oxygens (including phenoxy) is 9. The van der Waals surface area contributed by atoms with Gasteiger partial charge in [0, 0.05) is 69.3 Å². The Balaban J connectivity index is 0.000000177. The molecule has 111 heavy (non-hydrogen) atoms. The summed E-state index contributed by atoms with van der Waals surface area (Å²) in [6.45, 7) is 7.59. The molecule has 0 aliphatic carbocycles. The van der Waals surface area contributed by atoms with Crippen LogP contribution in [0.2, 0.25) is 0 Å². The van der Waals surface area contributed by atoms with E-state index < -0.39 is 209 Å². The fourth-order valence-corrected chi connectivity index (χ4v) is 11.8. The smallest absolute Gasteiger partial charge is 0.429 e. The van der Waals surface area contributed by atoms with Crippen LogP contribution in [0.5, 0.6) is 17.2 Å². The molecule has 0 unspecified atom stereocenters. The SMILES string of the molecule is CCC1COC(c2cc(F)c(C(F)(F)Oc3ccc(-c4cc(F)c(F)c(F)c4)c(F)c3)c(F)c2)OC1.CCCC1COC(c2cc(F)c(C(F)(F)Oc3ccc(-c4cc(F)c(F)c(F)c4)c(F)c3)c(F)c2)OC1.CCCCC1COC(c2cc(F)c(C(F)(F)Oc3ccc(-c4cc(F)c(F)c(F)c4)c(F)c3)c(F)c2)OC1. The molecular formula is C78H60F24O9. The van der Waals surface area contributed by atoms with E-state index in [1.54, 1.807) is 0 Å². The second kappa shape index (κ2) is 35.4. The minimum atomic E-state index is -4.58. The van der Waals surface area contributed by atoms with Gasteiger partial charge in [0.1, 0.15) is 86.3 Å². The highest BCUT2D eigenvalue weighted by atomic mass is 19.3. The van der Waals surface area contributed by atoms with E-state index in [9.17, 15) is 105 Å². The summed E-state index contributed by atoms with van der Waals surface area (Å²) in [5, 5.41) is 0. The van der Waals surface area contributed by atoms with Crippen LogP contribution in [0.1, 0.15) is 112 Å². The minimum Gasteiger partial charge on any atom is -0.429 e. The fourth-order valence-electron chi connectivity index (χ4n) is 11.8. The molecular weight excluding hydrogens is 1540 g/mol. The van der Waals surface area contributed by atoms with Gasteiger partial charge in [0.2, 0.25) is 0 Å². The number of alkyl halides is 6. The maximum atomic E-state index is 14.8. The molecule has 33 heteroatoms. The lowest BCUT2D eigenvalue weighted by Crippen LogP contribution is -2.28. The van der Waals surface area contributed by atoms with Gasteiger partial charge in [-0.3, -0.25) is 0 Å². The Hall–Kier alpha value is -9.54. The Morgan fingerprint density at radius 1 is 0.288 bits per heavy atom. The number of unbranched alkanes of at least 4 members (excludes halogenated alkanes) is 1. The van der Waals surface area contributed by atoms with Gasteiger partial charge in [-0.05, 0) is 145 Å². The van der Waals surface area contributed by atoms with Gasteiger partial charge in [0.15, 0.2) is 71.2 Å². The van der Waals surface area contributed by atoms with Crippen LogP contribution < -0.4 is 14.2 Å². The molecule has 3 fully saturated rings. The lowest BCUT2D eigenvalue weighted by atomic mass is 10.0. The van der Waals surface area contributed by atoms with Crippen molar-refractivity contribution in [3.05, 3.63) is 265 Å². The normalized spacial score (nSPS) is 18.2. The molecule has 0 saturated carbocycles. The molecule has 12 rings (SSSR count). The maximum Gasteiger partial charge on any atom is 0.432 e. The quantitative estimate of drug-likeness (QED) is 0.0516. The topological polar surface area (TPSA) is 83.1 Å². The second-order valence-electron chi connectivity index (χ2n) is 25.6. The average Bonchev–Trinajstić information content (AvgIpc) is 0.779. The molecule has 0 N–H and O–H groups in total. The van der Waals surface area contributed by atoms with E-state index in [1.807, 2.05) is 20.8 Å². The van der Waals surface area contributed by atoms with Crippen LogP contribution in [0.4, 0.5) is 105 Å². The molecule has 594 valence electrons. The van der Waals surface area contributed by atoms with Gasteiger partial charge in [0.25, 0.3) is 0 Å². The van der Waals surface area contributed by atoms with Crippen molar-refractivity contribution in [1.29, 1.82) is 0 Å². The second-order valence-corrected chi connectivity index (χ2v) is 25.6. The van der Waals surface area contributed by atoms with Crippen molar-refractivity contribution < 1.29 is 148 Å². The highest BCUT2D eigenvalue weighted by Gasteiger charge is 2.45. The van der Waals surface area contributed by atoms with Crippen molar-refractivity contribution in [3.63, 3.8) is 0 Å². The summed E-state index contributed by atoms with van der Waals surface area (Å²) in [6, 6.07) is 13.1. The molecule has 0 spiro atoms. The molecule has 3 saturated heterocycles. The molecule has 9 aromatic carbocycles. The van der Waals surface area contributed by atoms with Gasteiger partial charge in [-0.2, -0.15) is 26.3 Å². The van der Waals surface area contributed by atoms with Crippen LogP contribution in [-0.4, -0.2) is 39.6 Å². The number of hydrogen-bond donors (Lipinski definition) is 0. The zero-order valence-corrected chi connectivity index (χ0v) is 57.8. The van der Waals surface area contributed by atoms with Crippen LogP contribution in [0.3, 0.4) is 0 Å². The summed E-state index contributed by atoms with van der Waals surface area (Å²) in [7, 11) is 0.